The number of ether oxygens (including phenoxy) is 1. The van der Waals surface area contributed by atoms with Crippen LogP contribution in [0.15, 0.2) is 42.0 Å². The van der Waals surface area contributed by atoms with E-state index >= 15 is 0 Å². The van der Waals surface area contributed by atoms with Crippen LogP contribution in [-0.2, 0) is 4.79 Å². The van der Waals surface area contributed by atoms with Crippen molar-refractivity contribution in [3.05, 3.63) is 47.5 Å². The number of rotatable bonds is 5. The van der Waals surface area contributed by atoms with Gasteiger partial charge in [0.15, 0.2) is 0 Å². The van der Waals surface area contributed by atoms with Crippen LogP contribution < -0.4 is 10.1 Å². The molecule has 1 saturated carbocycles. The Morgan fingerprint density at radius 1 is 1.19 bits per heavy atom. The zero-order chi connectivity index (χ0) is 18.4. The molecule has 0 saturated heterocycles. The third-order valence-electron chi connectivity index (χ3n) is 4.82. The first-order valence-corrected chi connectivity index (χ1v) is 9.30. The molecule has 0 bridgehead atoms. The first-order valence-electron chi connectivity index (χ1n) is 9.30. The second kappa shape index (κ2) is 8.53. The first kappa shape index (κ1) is 18.0. The van der Waals surface area contributed by atoms with Crippen molar-refractivity contribution in [3.8, 4) is 11.8 Å². The highest BCUT2D eigenvalue weighted by molar-refractivity contribution is 6.04. The summed E-state index contributed by atoms with van der Waals surface area (Å²) in [7, 11) is 0. The maximum Gasteiger partial charge on any atom is 0.262 e. The van der Waals surface area contributed by atoms with E-state index in [2.05, 4.69) is 11.4 Å². The molecule has 1 N–H and O–H groups in total. The van der Waals surface area contributed by atoms with E-state index in [1.54, 1.807) is 6.08 Å². The molecule has 134 valence electrons. The monoisotopic (exact) mass is 348 g/mol. The van der Waals surface area contributed by atoms with Crippen LogP contribution in [0.25, 0.3) is 16.8 Å². The second-order valence-electron chi connectivity index (χ2n) is 6.61. The smallest absolute Gasteiger partial charge is 0.262 e. The Morgan fingerprint density at radius 3 is 2.62 bits per heavy atom. The minimum Gasteiger partial charge on any atom is -0.493 e. The molecule has 0 spiro atoms. The minimum absolute atomic E-state index is 0.143. The molecule has 4 heteroatoms. The first-order chi connectivity index (χ1) is 12.7. The van der Waals surface area contributed by atoms with Gasteiger partial charge >= 0.3 is 0 Å². The van der Waals surface area contributed by atoms with Crippen molar-refractivity contribution in [1.29, 1.82) is 5.26 Å². The molecule has 1 aliphatic carbocycles. The van der Waals surface area contributed by atoms with Crippen molar-refractivity contribution in [1.82, 2.24) is 5.32 Å². The number of hydrogen-bond acceptors (Lipinski definition) is 3. The van der Waals surface area contributed by atoms with Gasteiger partial charge in [0.25, 0.3) is 5.91 Å². The Bertz CT molecular complexity index is 858. The number of nitrogens with one attached hydrogen (secondary N) is 1. The van der Waals surface area contributed by atoms with E-state index in [-0.39, 0.29) is 17.5 Å². The quantitative estimate of drug-likeness (QED) is 0.635. The molecule has 2 aromatic rings. The molecule has 1 amide bonds. The van der Waals surface area contributed by atoms with Crippen LogP contribution in [0.2, 0.25) is 0 Å². The van der Waals surface area contributed by atoms with Crippen molar-refractivity contribution >= 4 is 22.8 Å². The number of nitrogens with zero attached hydrogens (tertiary/aromatic N) is 1. The van der Waals surface area contributed by atoms with Crippen LogP contribution in [0, 0.1) is 11.3 Å². The van der Waals surface area contributed by atoms with Crippen LogP contribution in [0.1, 0.15) is 44.6 Å². The van der Waals surface area contributed by atoms with Gasteiger partial charge in [-0.15, -0.1) is 0 Å². The van der Waals surface area contributed by atoms with Gasteiger partial charge in [0, 0.05) is 11.4 Å². The number of nitriles is 1. The molecule has 4 nitrogen and oxygen atoms in total. The van der Waals surface area contributed by atoms with Crippen LogP contribution in [0.5, 0.6) is 5.75 Å². The molecule has 3 rings (SSSR count). The molecular formula is C22H24N2O2. The summed E-state index contributed by atoms with van der Waals surface area (Å²) >= 11 is 0. The van der Waals surface area contributed by atoms with Crippen LogP contribution in [0.4, 0.5) is 0 Å². The Balaban J connectivity index is 1.90. The van der Waals surface area contributed by atoms with Crippen molar-refractivity contribution in [2.75, 3.05) is 6.61 Å². The summed E-state index contributed by atoms with van der Waals surface area (Å²) in [6, 6.07) is 13.9. The summed E-state index contributed by atoms with van der Waals surface area (Å²) in [5, 5.41) is 14.5. The fourth-order valence-corrected chi connectivity index (χ4v) is 3.52. The second-order valence-corrected chi connectivity index (χ2v) is 6.61. The van der Waals surface area contributed by atoms with E-state index in [1.807, 2.05) is 43.3 Å². The van der Waals surface area contributed by atoms with Gasteiger partial charge in [-0.1, -0.05) is 49.6 Å². The molecule has 0 aromatic heterocycles. The summed E-state index contributed by atoms with van der Waals surface area (Å²) in [5.41, 5.74) is 0.990. The fraction of sp³-hybridized carbons (Fsp3) is 0.364. The molecule has 26 heavy (non-hydrogen) atoms. The maximum absolute atomic E-state index is 12.5. The van der Waals surface area contributed by atoms with E-state index in [9.17, 15) is 10.1 Å². The van der Waals surface area contributed by atoms with E-state index in [0.717, 1.165) is 47.8 Å². The molecule has 1 fully saturated rings. The normalized spacial score (nSPS) is 15.5. The average Bonchev–Trinajstić information content (AvgIpc) is 2.68. The summed E-state index contributed by atoms with van der Waals surface area (Å²) < 4.78 is 5.69. The predicted molar refractivity (Wildman–Crippen MR) is 104 cm³/mol. The minimum atomic E-state index is -0.280. The molecule has 0 atom stereocenters. The average molecular weight is 348 g/mol. The van der Waals surface area contributed by atoms with Gasteiger partial charge in [0.05, 0.1) is 6.61 Å². The largest absolute Gasteiger partial charge is 0.493 e. The Kier molecular flexibility index (Phi) is 5.91. The van der Waals surface area contributed by atoms with E-state index < -0.39 is 0 Å². The summed E-state index contributed by atoms with van der Waals surface area (Å²) in [4.78, 5) is 12.5. The Morgan fingerprint density at radius 2 is 1.92 bits per heavy atom. The molecular weight excluding hydrogens is 324 g/mol. The number of fused-ring (bicyclic) bond motifs is 1. The highest BCUT2D eigenvalue weighted by Crippen LogP contribution is 2.30. The molecule has 0 radical (unpaired) electrons. The topological polar surface area (TPSA) is 62.1 Å². The van der Waals surface area contributed by atoms with Gasteiger partial charge in [0.2, 0.25) is 0 Å². The van der Waals surface area contributed by atoms with E-state index in [4.69, 9.17) is 4.74 Å². The third kappa shape index (κ3) is 4.05. The SMILES string of the molecule is CCOc1ccc(C=C(C#N)C(=O)NC2CCCCC2)c2ccccc12. The number of benzene rings is 2. The van der Waals surface area contributed by atoms with Gasteiger partial charge in [-0.2, -0.15) is 5.26 Å². The molecule has 2 aromatic carbocycles. The summed E-state index contributed by atoms with van der Waals surface area (Å²) in [6.07, 6.45) is 7.18. The lowest BCUT2D eigenvalue weighted by molar-refractivity contribution is -0.117. The Labute approximate surface area is 154 Å². The predicted octanol–water partition coefficient (Wildman–Crippen LogP) is 4.59. The summed E-state index contributed by atoms with van der Waals surface area (Å²) in [5.74, 6) is 0.530. The molecule has 0 heterocycles. The van der Waals surface area contributed by atoms with Gasteiger partial charge in [-0.25, -0.2) is 0 Å². The lowest BCUT2D eigenvalue weighted by Crippen LogP contribution is -2.36. The number of carbonyl (C=O) groups excluding carboxylic acids is 1. The van der Waals surface area contributed by atoms with E-state index in [1.165, 1.54) is 6.42 Å². The van der Waals surface area contributed by atoms with Crippen molar-refractivity contribution in [3.63, 3.8) is 0 Å². The standard InChI is InChI=1S/C22H24N2O2/c1-2-26-21-13-12-16(19-10-6-7-11-20(19)21)14-17(15-23)22(25)24-18-8-4-3-5-9-18/h6-7,10-14,18H,2-5,8-9H2,1H3,(H,24,25). The molecule has 0 aliphatic heterocycles. The lowest BCUT2D eigenvalue weighted by atomic mass is 9.95. The zero-order valence-electron chi connectivity index (χ0n) is 15.1. The van der Waals surface area contributed by atoms with Gasteiger partial charge in [-0.05, 0) is 42.9 Å². The summed E-state index contributed by atoms with van der Waals surface area (Å²) in [6.45, 7) is 2.54. The third-order valence-corrected chi connectivity index (χ3v) is 4.82. The van der Waals surface area contributed by atoms with Crippen molar-refractivity contribution < 1.29 is 9.53 Å². The number of carbonyl (C=O) groups is 1. The number of hydrogen-bond donors (Lipinski definition) is 1. The van der Waals surface area contributed by atoms with Crippen LogP contribution >= 0.6 is 0 Å². The highest BCUT2D eigenvalue weighted by Gasteiger charge is 2.18. The van der Waals surface area contributed by atoms with Crippen molar-refractivity contribution in [2.45, 2.75) is 45.1 Å². The zero-order valence-corrected chi connectivity index (χ0v) is 15.1. The maximum atomic E-state index is 12.5. The highest BCUT2D eigenvalue weighted by atomic mass is 16.5. The van der Waals surface area contributed by atoms with Crippen LogP contribution in [0.3, 0.4) is 0 Å². The Hall–Kier alpha value is -2.80. The van der Waals surface area contributed by atoms with Gasteiger partial charge in [-0.3, -0.25) is 4.79 Å². The number of amides is 1. The lowest BCUT2D eigenvalue weighted by Gasteiger charge is -2.22. The van der Waals surface area contributed by atoms with Gasteiger partial charge < -0.3 is 10.1 Å². The van der Waals surface area contributed by atoms with Crippen LogP contribution in [-0.4, -0.2) is 18.6 Å². The fourth-order valence-electron chi connectivity index (χ4n) is 3.52. The molecule has 1 aliphatic rings. The van der Waals surface area contributed by atoms with Crippen molar-refractivity contribution in [2.24, 2.45) is 0 Å². The molecule has 0 unspecified atom stereocenters. The van der Waals surface area contributed by atoms with Gasteiger partial charge in [0.1, 0.15) is 17.4 Å². The van der Waals surface area contributed by atoms with E-state index in [0.29, 0.717) is 6.61 Å².